The van der Waals surface area contributed by atoms with Crippen LogP contribution in [0.3, 0.4) is 0 Å². The topological polar surface area (TPSA) is 24.9 Å². The van der Waals surface area contributed by atoms with Crippen molar-refractivity contribution in [2.75, 3.05) is 9.80 Å². The summed E-state index contributed by atoms with van der Waals surface area (Å²) in [6.45, 7) is 7.71. The van der Waals surface area contributed by atoms with Gasteiger partial charge < -0.3 is 19.3 Å². The zero-order valence-corrected chi connectivity index (χ0v) is 60.8. The van der Waals surface area contributed by atoms with Gasteiger partial charge in [0.25, 0.3) is 0 Å². The second kappa shape index (κ2) is 29.1. The van der Waals surface area contributed by atoms with E-state index in [0.717, 1.165) is 79.9 Å². The van der Waals surface area contributed by atoms with Crippen LogP contribution in [0.5, 0.6) is 23.0 Å². The van der Waals surface area contributed by atoms with Crippen LogP contribution in [0.15, 0.2) is 365 Å². The van der Waals surface area contributed by atoms with Crippen LogP contribution in [0.25, 0.3) is 67.8 Å². The maximum absolute atomic E-state index is 17.3. The van der Waals surface area contributed by atoms with Gasteiger partial charge in [0.1, 0.15) is 69.5 Å². The molecule has 2 atom stereocenters. The van der Waals surface area contributed by atoms with Gasteiger partial charge in [-0.05, 0) is 246 Å². The van der Waals surface area contributed by atoms with Crippen LogP contribution in [0, 0.1) is 46.5 Å². The lowest BCUT2D eigenvalue weighted by Crippen LogP contribution is -2.31. The summed E-state index contributed by atoms with van der Waals surface area (Å²) in [6, 6.07) is 103. The Labute approximate surface area is 653 Å². The lowest BCUT2D eigenvalue weighted by molar-refractivity contribution is 0.481. The molecule has 0 radical (unpaired) electrons. The molecule has 0 bridgehead atoms. The first-order valence-electron chi connectivity index (χ1n) is 37.0. The summed E-state index contributed by atoms with van der Waals surface area (Å²) in [5, 5.41) is 0. The lowest BCUT2D eigenvalue weighted by Gasteiger charge is -2.35. The van der Waals surface area contributed by atoms with Crippen molar-refractivity contribution < 1.29 is 44.6 Å². The summed E-state index contributed by atoms with van der Waals surface area (Å²) in [7, 11) is 0. The molecule has 16 aromatic carbocycles. The number of halogens is 8. The molecule has 0 amide bonds. The molecular formula is C102H64F8N2O2. The zero-order valence-electron chi connectivity index (χ0n) is 60.8. The highest BCUT2D eigenvalue weighted by molar-refractivity contribution is 5.93. The largest absolute Gasteiger partial charge is 0.457 e. The van der Waals surface area contributed by atoms with Crippen LogP contribution in [-0.4, -0.2) is 0 Å². The summed E-state index contributed by atoms with van der Waals surface area (Å²) in [6.07, 6.45) is 3.47. The third kappa shape index (κ3) is 12.5. The average Bonchev–Trinajstić information content (AvgIpc) is 1.52. The molecule has 0 saturated carbocycles. The number of ether oxygens (including phenoxy) is 2. The monoisotopic (exact) mass is 1500 g/mol. The van der Waals surface area contributed by atoms with E-state index in [4.69, 9.17) is 9.47 Å². The first-order chi connectivity index (χ1) is 55.6. The first kappa shape index (κ1) is 71.3. The van der Waals surface area contributed by atoms with Crippen molar-refractivity contribution in [3.8, 4) is 78.6 Å². The molecular weight excluding hydrogens is 1440 g/mol. The van der Waals surface area contributed by atoms with Crippen LogP contribution in [0.1, 0.15) is 55.6 Å². The van der Waals surface area contributed by atoms with E-state index in [-0.39, 0.29) is 22.8 Å². The van der Waals surface area contributed by atoms with Crippen LogP contribution >= 0.6 is 0 Å². The molecule has 0 saturated heterocycles. The van der Waals surface area contributed by atoms with Crippen LogP contribution in [0.2, 0.25) is 0 Å². The fraction of sp³-hybridized carbons (Fsp3) is 0.0196. The van der Waals surface area contributed by atoms with E-state index < -0.39 is 45.7 Å². The molecule has 0 heterocycles. The molecule has 18 rings (SSSR count). The van der Waals surface area contributed by atoms with E-state index >= 15 is 26.3 Å². The Morgan fingerprint density at radius 2 is 0.491 bits per heavy atom. The van der Waals surface area contributed by atoms with Crippen molar-refractivity contribution in [3.05, 3.63) is 467 Å². The summed E-state index contributed by atoms with van der Waals surface area (Å²) < 4.78 is 141. The van der Waals surface area contributed by atoms with Crippen molar-refractivity contribution in [3.63, 3.8) is 0 Å². The van der Waals surface area contributed by atoms with Gasteiger partial charge in [0.15, 0.2) is 0 Å². The smallest absolute Gasteiger partial charge is 0.133 e. The molecule has 2 unspecified atom stereocenters. The first-order valence-corrected chi connectivity index (χ1v) is 37.0. The van der Waals surface area contributed by atoms with Crippen LogP contribution in [0.4, 0.5) is 69.2 Å². The molecule has 16 aromatic rings. The predicted octanol–water partition coefficient (Wildman–Crippen LogP) is 28.3. The average molecular weight is 1500 g/mol. The summed E-state index contributed by atoms with van der Waals surface area (Å²) in [5.74, 6) is -5.08. The summed E-state index contributed by atoms with van der Waals surface area (Å²) in [5.41, 5.74) is 12.8. The van der Waals surface area contributed by atoms with Gasteiger partial charge in [-0.15, -0.1) is 0 Å². The summed E-state index contributed by atoms with van der Waals surface area (Å²) >= 11 is 0. The van der Waals surface area contributed by atoms with E-state index in [9.17, 15) is 8.78 Å². The molecule has 2 aliphatic rings. The number of nitrogens with zero attached hydrogens (tertiary/aromatic N) is 2. The van der Waals surface area contributed by atoms with Gasteiger partial charge in [0.2, 0.25) is 0 Å². The molecule has 0 spiro atoms. The van der Waals surface area contributed by atoms with Gasteiger partial charge in [0, 0.05) is 69.5 Å². The van der Waals surface area contributed by atoms with E-state index in [1.54, 1.807) is 84.9 Å². The second-order valence-corrected chi connectivity index (χ2v) is 28.2. The molecule has 0 fully saturated rings. The number of anilines is 6. The van der Waals surface area contributed by atoms with E-state index in [2.05, 4.69) is 23.0 Å². The Bertz CT molecular complexity index is 5940. The van der Waals surface area contributed by atoms with Crippen molar-refractivity contribution in [1.82, 2.24) is 0 Å². The van der Waals surface area contributed by atoms with Gasteiger partial charge in [0.05, 0.1) is 10.8 Å². The molecule has 12 heteroatoms. The number of rotatable bonds is 19. The normalized spacial score (nSPS) is 14.3. The molecule has 2 aliphatic carbocycles. The number of fused-ring (bicyclic) bond motifs is 6. The highest BCUT2D eigenvalue weighted by Crippen LogP contribution is 2.61. The SMILES string of the molecule is C=Cc1ccc(Oc2ccc(C3(c4c(F)cc(F)cc4F)c4ccccc4-c4ccc(N(c5ccc(-c6ccc(F)cc6)cc5)c5ccc(-c6ccc(N(c7ccc(-c8ccc(F)cc8)cc7)c7ccc8c(c7)C(c7ccc(Oc9ccc(C=C)cc9)cc7)(c7c(F)cc(F)cc7F)c7ccccc7-8)cc6)cc5)cc43)cc2)cc1. The predicted molar refractivity (Wildman–Crippen MR) is 440 cm³/mol. The molecule has 0 aromatic heterocycles. The van der Waals surface area contributed by atoms with E-state index in [0.29, 0.717) is 102 Å². The Morgan fingerprint density at radius 1 is 0.237 bits per heavy atom. The quantitative estimate of drug-likeness (QED) is 0.0754. The highest BCUT2D eigenvalue weighted by atomic mass is 19.2. The molecule has 4 nitrogen and oxygen atoms in total. The maximum atomic E-state index is 17.3. The molecule has 114 heavy (non-hydrogen) atoms. The van der Waals surface area contributed by atoms with Gasteiger partial charge >= 0.3 is 0 Å². The Hall–Kier alpha value is -14.4. The lowest BCUT2D eigenvalue weighted by atomic mass is 9.67. The Morgan fingerprint density at radius 3 is 0.781 bits per heavy atom. The number of hydrogen-bond donors (Lipinski definition) is 0. The summed E-state index contributed by atoms with van der Waals surface area (Å²) in [4.78, 5) is 4.11. The van der Waals surface area contributed by atoms with Crippen molar-refractivity contribution in [2.24, 2.45) is 0 Å². The van der Waals surface area contributed by atoms with Crippen molar-refractivity contribution in [2.45, 2.75) is 10.8 Å². The van der Waals surface area contributed by atoms with Crippen LogP contribution < -0.4 is 19.3 Å². The highest BCUT2D eigenvalue weighted by Gasteiger charge is 2.52. The Balaban J connectivity index is 0.751. The van der Waals surface area contributed by atoms with Gasteiger partial charge in [-0.25, -0.2) is 35.1 Å². The molecule has 550 valence electrons. The standard InChI is InChI=1S/C102H64F8N2O2/c1-3-63-13-47-83(48-14-63)113-85-51-29-71(30-52-85)101(99-95(107)57-75(105)58-96(99)108)91-11-7-5-9-87(91)89-55-45-81(61-93(89)101)111(77-37-21-67(22-38-77)65-17-33-73(103)34-18-65)79-41-25-69(26-42-79)70-27-43-80(44-28-70)112(78-39-23-68(24-40-78)66-19-35-74(104)36-20-66)82-46-56-90-88-10-6-8-12-92(88)102(94(90)62-82,100-97(109)59-76(106)60-98(100)110)72-31-53-86(54-32-72)114-84-49-15-64(4-2)16-50-84/h3-62H,1-2H2. The van der Waals surface area contributed by atoms with Gasteiger partial charge in [-0.1, -0.05) is 207 Å². The fourth-order valence-corrected chi connectivity index (χ4v) is 16.6. The third-order valence-electron chi connectivity index (χ3n) is 21.8. The minimum Gasteiger partial charge on any atom is -0.457 e. The van der Waals surface area contributed by atoms with E-state index in [1.807, 2.05) is 231 Å². The van der Waals surface area contributed by atoms with Crippen molar-refractivity contribution >= 4 is 46.3 Å². The molecule has 0 N–H and O–H groups in total. The van der Waals surface area contributed by atoms with Crippen molar-refractivity contribution in [1.29, 1.82) is 0 Å². The zero-order chi connectivity index (χ0) is 77.9. The minimum absolute atomic E-state index is 0.360. The maximum Gasteiger partial charge on any atom is 0.133 e. The second-order valence-electron chi connectivity index (χ2n) is 28.2. The minimum atomic E-state index is -1.70. The number of hydrogen-bond acceptors (Lipinski definition) is 4. The fourth-order valence-electron chi connectivity index (χ4n) is 16.6. The van der Waals surface area contributed by atoms with Gasteiger partial charge in [-0.2, -0.15) is 0 Å². The number of benzene rings is 16. The van der Waals surface area contributed by atoms with Gasteiger partial charge in [-0.3, -0.25) is 0 Å². The molecule has 0 aliphatic heterocycles. The van der Waals surface area contributed by atoms with Crippen LogP contribution in [-0.2, 0) is 10.8 Å². The third-order valence-corrected chi connectivity index (χ3v) is 21.8. The Kier molecular flexibility index (Phi) is 18.2. The van der Waals surface area contributed by atoms with E-state index in [1.165, 1.54) is 24.3 Å².